The number of anilines is 1. The summed E-state index contributed by atoms with van der Waals surface area (Å²) in [5.74, 6) is -5.72. The number of carboxylic acids is 2. The van der Waals surface area contributed by atoms with Crippen molar-refractivity contribution >= 4 is 47.2 Å². The normalized spacial score (nSPS) is 13.7. The zero-order chi connectivity index (χ0) is 39.7. The Morgan fingerprint density at radius 2 is 1.44 bits per heavy atom. The quantitative estimate of drug-likeness (QED) is 0.0865. The number of carboxylic acid groups (broad SMARTS) is 2. The van der Waals surface area contributed by atoms with Gasteiger partial charge in [0.2, 0.25) is 0 Å². The summed E-state index contributed by atoms with van der Waals surface area (Å²) in [5.41, 5.74) is 4.47. The van der Waals surface area contributed by atoms with E-state index >= 15 is 0 Å². The maximum atomic E-state index is 12.9. The summed E-state index contributed by atoms with van der Waals surface area (Å²) in [6, 6.07) is 10.9. The van der Waals surface area contributed by atoms with Crippen LogP contribution in [0.25, 0.3) is 0 Å². The summed E-state index contributed by atoms with van der Waals surface area (Å²) in [6.45, 7) is 10.3. The molecule has 2 aromatic rings. The van der Waals surface area contributed by atoms with E-state index in [1.54, 1.807) is 65.8 Å². The summed E-state index contributed by atoms with van der Waals surface area (Å²) in [4.78, 5) is 64.8. The standard InChI is InChI=1S/C32H40N4O9.C2HF3O2/c1-30(2,3)43-26(39)17-32(18-27(40)44-31(4,5)6)16-24(36-45-32)23-15-22(13-9-19(23)10-14-25(37)38)42-28(41)20-7-11-21(12-8-20)35-29(33)34;3-2(4,5)1(6)7/h7-9,11-13,15H,10,14,16-18H2,1-6H3,(H,37,38)(H4,33,34,35);(H,6,7). The molecule has 1 aliphatic rings. The van der Waals surface area contributed by atoms with E-state index in [1.165, 1.54) is 18.2 Å². The average Bonchev–Trinajstić information content (AvgIpc) is 3.36. The molecule has 0 aromatic heterocycles. The Labute approximate surface area is 296 Å². The van der Waals surface area contributed by atoms with Crippen LogP contribution in [-0.2, 0) is 39.9 Å². The van der Waals surface area contributed by atoms with E-state index in [2.05, 4.69) is 10.5 Å². The number of guanidine groups is 1. The number of aliphatic carboxylic acids is 2. The van der Waals surface area contributed by atoms with Crippen molar-refractivity contribution < 1.29 is 66.4 Å². The first-order valence-electron chi connectivity index (χ1n) is 15.5. The summed E-state index contributed by atoms with van der Waals surface area (Å²) in [6.07, 6.45) is -5.74. The number of esters is 3. The number of halogens is 3. The molecule has 2 aromatic carbocycles. The first kappa shape index (κ1) is 42.5. The third-order valence-corrected chi connectivity index (χ3v) is 6.47. The SMILES string of the molecule is CC(C)(C)OC(=O)CC1(CC(=O)OC(C)(C)C)CC(c2cc(OC(=O)c3ccc(NC(=N)N)cc3)ccc2CCC(=O)O)=NO1.O=C(O)C(F)(F)F. The van der Waals surface area contributed by atoms with E-state index in [4.69, 9.17) is 40.1 Å². The number of rotatable bonds is 11. The van der Waals surface area contributed by atoms with Crippen molar-refractivity contribution in [1.29, 1.82) is 5.41 Å². The lowest BCUT2D eigenvalue weighted by Gasteiger charge is -2.29. The molecule has 0 radical (unpaired) electrons. The van der Waals surface area contributed by atoms with E-state index in [9.17, 15) is 37.5 Å². The topological polar surface area (TPSA) is 237 Å². The van der Waals surface area contributed by atoms with Crippen molar-refractivity contribution in [3.05, 3.63) is 59.2 Å². The minimum atomic E-state index is -5.08. The first-order chi connectivity index (χ1) is 23.8. The number of nitrogens with one attached hydrogen (secondary N) is 2. The number of nitrogens with two attached hydrogens (primary N) is 1. The van der Waals surface area contributed by atoms with Crippen LogP contribution in [0.2, 0.25) is 0 Å². The van der Waals surface area contributed by atoms with E-state index in [0.29, 0.717) is 22.5 Å². The maximum Gasteiger partial charge on any atom is 0.490 e. The van der Waals surface area contributed by atoms with Gasteiger partial charge in [-0.1, -0.05) is 11.2 Å². The molecule has 15 nitrogen and oxygen atoms in total. The van der Waals surface area contributed by atoms with E-state index in [0.717, 1.165) is 0 Å². The van der Waals surface area contributed by atoms with Crippen molar-refractivity contribution in [2.24, 2.45) is 10.9 Å². The number of benzene rings is 2. The second-order valence-electron chi connectivity index (χ2n) is 13.5. The predicted octanol–water partition coefficient (Wildman–Crippen LogP) is 5.19. The Hall–Kier alpha value is -5.68. The molecule has 1 aliphatic heterocycles. The molecule has 0 atom stereocenters. The molecular formula is C34H41F3N4O11. The molecule has 3 rings (SSSR count). The predicted molar refractivity (Wildman–Crippen MR) is 179 cm³/mol. The Kier molecular flexibility index (Phi) is 13.9. The third-order valence-electron chi connectivity index (χ3n) is 6.47. The van der Waals surface area contributed by atoms with Gasteiger partial charge >= 0.3 is 36.0 Å². The monoisotopic (exact) mass is 738 g/mol. The summed E-state index contributed by atoms with van der Waals surface area (Å²) < 4.78 is 48.3. The molecule has 0 saturated carbocycles. The zero-order valence-corrected chi connectivity index (χ0v) is 29.3. The van der Waals surface area contributed by atoms with Crippen LogP contribution in [0.3, 0.4) is 0 Å². The molecule has 0 fully saturated rings. The van der Waals surface area contributed by atoms with Gasteiger partial charge in [-0.25, -0.2) is 9.59 Å². The van der Waals surface area contributed by atoms with Gasteiger partial charge in [-0.05, 0) is 89.9 Å². The Morgan fingerprint density at radius 1 is 0.923 bits per heavy atom. The van der Waals surface area contributed by atoms with Crippen molar-refractivity contribution in [2.45, 2.75) is 96.6 Å². The maximum absolute atomic E-state index is 12.9. The number of nitrogens with zero attached hydrogens (tertiary/aromatic N) is 1. The lowest BCUT2D eigenvalue weighted by molar-refractivity contribution is -0.192. The van der Waals surface area contributed by atoms with Gasteiger partial charge in [-0.2, -0.15) is 13.2 Å². The number of oxime groups is 1. The molecular weight excluding hydrogens is 697 g/mol. The molecule has 6 N–H and O–H groups in total. The number of hydrogen-bond donors (Lipinski definition) is 5. The fourth-order valence-corrected chi connectivity index (χ4v) is 4.56. The zero-order valence-electron chi connectivity index (χ0n) is 29.3. The van der Waals surface area contributed by atoms with Crippen LogP contribution in [0.1, 0.15) is 88.7 Å². The van der Waals surface area contributed by atoms with Gasteiger partial charge in [0.05, 0.1) is 24.1 Å². The number of ether oxygens (including phenoxy) is 3. The highest BCUT2D eigenvalue weighted by Crippen LogP contribution is 2.37. The summed E-state index contributed by atoms with van der Waals surface area (Å²) >= 11 is 0. The van der Waals surface area contributed by atoms with Crippen LogP contribution in [0.4, 0.5) is 18.9 Å². The summed E-state index contributed by atoms with van der Waals surface area (Å²) in [5, 5.41) is 30.6. The fourth-order valence-electron chi connectivity index (χ4n) is 4.56. The number of carbonyl (C=O) groups excluding carboxylic acids is 3. The second kappa shape index (κ2) is 17.0. The highest BCUT2D eigenvalue weighted by molar-refractivity contribution is 6.04. The Bertz CT molecular complexity index is 1660. The fraction of sp³-hybridized carbons (Fsp3) is 0.441. The van der Waals surface area contributed by atoms with Crippen LogP contribution in [0, 0.1) is 5.41 Å². The molecule has 284 valence electrons. The smallest absolute Gasteiger partial charge is 0.481 e. The van der Waals surface area contributed by atoms with Crippen molar-refractivity contribution in [3.8, 4) is 5.75 Å². The van der Waals surface area contributed by atoms with Gasteiger partial charge in [0, 0.05) is 24.1 Å². The van der Waals surface area contributed by atoms with Gasteiger partial charge in [-0.15, -0.1) is 0 Å². The number of carbonyl (C=O) groups is 5. The van der Waals surface area contributed by atoms with Gasteiger partial charge < -0.3 is 40.3 Å². The molecule has 52 heavy (non-hydrogen) atoms. The molecule has 0 saturated heterocycles. The van der Waals surface area contributed by atoms with Crippen LogP contribution in [0.5, 0.6) is 5.75 Å². The molecule has 0 unspecified atom stereocenters. The number of aryl methyl sites for hydroxylation is 1. The van der Waals surface area contributed by atoms with Gasteiger partial charge in [0.1, 0.15) is 17.0 Å². The van der Waals surface area contributed by atoms with Crippen LogP contribution >= 0.6 is 0 Å². The average molecular weight is 739 g/mol. The molecule has 1 heterocycles. The van der Waals surface area contributed by atoms with Crippen LogP contribution in [-0.4, -0.2) is 74.7 Å². The first-order valence-corrected chi connectivity index (χ1v) is 15.5. The van der Waals surface area contributed by atoms with Gasteiger partial charge in [0.25, 0.3) is 0 Å². The van der Waals surface area contributed by atoms with E-state index in [1.807, 2.05) is 0 Å². The molecule has 18 heteroatoms. The van der Waals surface area contributed by atoms with Crippen molar-refractivity contribution in [3.63, 3.8) is 0 Å². The molecule has 0 aliphatic carbocycles. The Morgan fingerprint density at radius 3 is 1.88 bits per heavy atom. The molecule has 0 bridgehead atoms. The highest BCUT2D eigenvalue weighted by atomic mass is 19.4. The van der Waals surface area contributed by atoms with Gasteiger partial charge in [-0.3, -0.25) is 19.8 Å². The van der Waals surface area contributed by atoms with Gasteiger partial charge in [0.15, 0.2) is 11.6 Å². The number of hydrogen-bond acceptors (Lipinski definition) is 11. The lowest BCUT2D eigenvalue weighted by Crippen LogP contribution is -2.39. The second-order valence-corrected chi connectivity index (χ2v) is 13.5. The lowest BCUT2D eigenvalue weighted by atomic mass is 9.86. The van der Waals surface area contributed by atoms with Crippen LogP contribution < -0.4 is 15.8 Å². The van der Waals surface area contributed by atoms with Crippen molar-refractivity contribution in [2.75, 3.05) is 5.32 Å². The highest BCUT2D eigenvalue weighted by Gasteiger charge is 2.46. The largest absolute Gasteiger partial charge is 0.490 e. The van der Waals surface area contributed by atoms with E-state index < -0.39 is 52.8 Å². The van der Waals surface area contributed by atoms with E-state index in [-0.39, 0.29) is 49.4 Å². The molecule has 0 spiro atoms. The third kappa shape index (κ3) is 14.7. The minimum absolute atomic E-state index is 0.00638. The molecule has 0 amide bonds. The summed E-state index contributed by atoms with van der Waals surface area (Å²) in [7, 11) is 0. The van der Waals surface area contributed by atoms with Crippen LogP contribution in [0.15, 0.2) is 47.6 Å². The van der Waals surface area contributed by atoms with Crippen molar-refractivity contribution in [1.82, 2.24) is 0 Å². The number of alkyl halides is 3. The Balaban J connectivity index is 0.00000121. The minimum Gasteiger partial charge on any atom is -0.481 e.